The second-order valence-electron chi connectivity index (χ2n) is 13.3. The van der Waals surface area contributed by atoms with Gasteiger partial charge < -0.3 is 4.57 Å². The predicted molar refractivity (Wildman–Crippen MR) is 226 cm³/mol. The first kappa shape index (κ1) is 31.5. The number of aromatic nitrogens is 2. The molecule has 10 aromatic rings. The van der Waals surface area contributed by atoms with Crippen LogP contribution >= 0.6 is 18.5 Å². The molecular weight excluding hydrogens is 684 g/mol. The Labute approximate surface area is 311 Å². The van der Waals surface area contributed by atoms with Crippen molar-refractivity contribution in [2.75, 3.05) is 0 Å². The molecule has 0 unspecified atom stereocenters. The Hall–Kier alpha value is -6.19. The van der Waals surface area contributed by atoms with Crippen LogP contribution in [0.25, 0.3) is 75.6 Å². The van der Waals surface area contributed by atoms with Gasteiger partial charge in [-0.3, -0.25) is 0 Å². The molecule has 0 fully saturated rings. The van der Waals surface area contributed by atoms with E-state index in [1.165, 1.54) is 20.2 Å². The van der Waals surface area contributed by atoms with Gasteiger partial charge in [-0.1, -0.05) is 158 Å². The van der Waals surface area contributed by atoms with Gasteiger partial charge in [-0.15, -0.1) is 11.3 Å². The van der Waals surface area contributed by atoms with E-state index in [2.05, 4.69) is 109 Å². The number of fused-ring (bicyclic) bond motifs is 6. The van der Waals surface area contributed by atoms with Crippen LogP contribution in [0.2, 0.25) is 0 Å². The van der Waals surface area contributed by atoms with Crippen molar-refractivity contribution in [1.82, 2.24) is 9.97 Å². The highest BCUT2D eigenvalue weighted by Crippen LogP contribution is 2.44. The summed E-state index contributed by atoms with van der Waals surface area (Å²) in [7, 11) is -3.07. The largest absolute Gasteiger partial charge is 0.309 e. The molecule has 3 nitrogen and oxygen atoms in total. The Balaban J connectivity index is 1.08. The summed E-state index contributed by atoms with van der Waals surface area (Å²) in [5.74, 6) is 0. The Morgan fingerprint density at radius 2 is 0.943 bits per heavy atom. The summed E-state index contributed by atoms with van der Waals surface area (Å²) in [5.41, 5.74) is 8.05. The summed E-state index contributed by atoms with van der Waals surface area (Å²) in [5, 5.41) is 7.04. The molecule has 0 saturated heterocycles. The molecule has 5 heteroatoms. The number of hydrogen-bond acceptors (Lipinski definition) is 4. The zero-order chi connectivity index (χ0) is 35.4. The molecule has 0 saturated carbocycles. The van der Waals surface area contributed by atoms with E-state index < -0.39 is 7.14 Å². The minimum atomic E-state index is -3.07. The summed E-state index contributed by atoms with van der Waals surface area (Å²) in [6, 6.07) is 64.3. The van der Waals surface area contributed by atoms with Crippen LogP contribution in [0.4, 0.5) is 0 Å². The van der Waals surface area contributed by atoms with E-state index in [0.29, 0.717) is 0 Å². The molecule has 0 aliphatic rings. The monoisotopic (exact) mass is 714 g/mol. The second kappa shape index (κ2) is 12.8. The van der Waals surface area contributed by atoms with Crippen molar-refractivity contribution in [3.63, 3.8) is 0 Å². The highest BCUT2D eigenvalue weighted by Gasteiger charge is 2.29. The Bertz CT molecular complexity index is 2970. The predicted octanol–water partition coefficient (Wildman–Crippen LogP) is 11.8. The fourth-order valence-electron chi connectivity index (χ4n) is 7.50. The second-order valence-corrected chi connectivity index (χ2v) is 17.1. The van der Waals surface area contributed by atoms with Crippen molar-refractivity contribution in [3.05, 3.63) is 188 Å². The van der Waals surface area contributed by atoms with Gasteiger partial charge in [-0.05, 0) is 41.5 Å². The normalized spacial score (nSPS) is 11.8. The van der Waals surface area contributed by atoms with E-state index in [0.717, 1.165) is 71.4 Å². The first-order chi connectivity index (χ1) is 26.1. The molecule has 0 aliphatic heterocycles. The molecule has 0 amide bonds. The summed E-state index contributed by atoms with van der Waals surface area (Å²) >= 11 is 1.81. The number of hydrogen-bond donors (Lipinski definition) is 0. The quantitative estimate of drug-likeness (QED) is 0.127. The first-order valence-electron chi connectivity index (χ1n) is 17.7. The van der Waals surface area contributed by atoms with Crippen LogP contribution in [-0.4, -0.2) is 9.97 Å². The summed E-state index contributed by atoms with van der Waals surface area (Å²) in [6.07, 6.45) is 0. The van der Waals surface area contributed by atoms with Crippen molar-refractivity contribution < 1.29 is 4.57 Å². The van der Waals surface area contributed by atoms with E-state index in [4.69, 9.17) is 9.97 Å². The smallest absolute Gasteiger partial charge is 0.171 e. The van der Waals surface area contributed by atoms with Gasteiger partial charge in [0.2, 0.25) is 0 Å². The summed E-state index contributed by atoms with van der Waals surface area (Å²) in [6.45, 7) is 0. The molecule has 0 aliphatic carbocycles. The van der Waals surface area contributed by atoms with Crippen molar-refractivity contribution in [3.8, 4) is 33.6 Å². The van der Waals surface area contributed by atoms with E-state index in [1.807, 2.05) is 78.9 Å². The Kier molecular flexibility index (Phi) is 7.61. The average molecular weight is 715 g/mol. The number of rotatable bonds is 6. The van der Waals surface area contributed by atoms with Crippen molar-refractivity contribution in [2.45, 2.75) is 0 Å². The van der Waals surface area contributed by atoms with Gasteiger partial charge in [0, 0.05) is 58.0 Å². The SMILES string of the molecule is O=P(c1ccccc1)(c1ccccc1)c1ccc(-c2cccc3sc4ccc(-c5ccc6ccc7ccc(-c8ccccc8)nc7c6n5)cc4c23)cc1. The van der Waals surface area contributed by atoms with Crippen LogP contribution in [0.3, 0.4) is 0 Å². The molecule has 0 N–H and O–H groups in total. The molecule has 250 valence electrons. The van der Waals surface area contributed by atoms with E-state index in [9.17, 15) is 0 Å². The molecule has 53 heavy (non-hydrogen) atoms. The third-order valence-electron chi connectivity index (χ3n) is 10.2. The highest BCUT2D eigenvalue weighted by molar-refractivity contribution is 7.85. The van der Waals surface area contributed by atoms with Gasteiger partial charge in [-0.25, -0.2) is 9.97 Å². The van der Waals surface area contributed by atoms with Gasteiger partial charge >= 0.3 is 0 Å². The fraction of sp³-hybridized carbons (Fsp3) is 0. The lowest BCUT2D eigenvalue weighted by Crippen LogP contribution is -2.24. The van der Waals surface area contributed by atoms with E-state index in [-0.39, 0.29) is 0 Å². The highest BCUT2D eigenvalue weighted by atomic mass is 32.1. The van der Waals surface area contributed by atoms with Crippen molar-refractivity contribution >= 4 is 76.4 Å². The maximum Gasteiger partial charge on any atom is 0.171 e. The number of nitrogens with zero attached hydrogens (tertiary/aromatic N) is 2. The zero-order valence-electron chi connectivity index (χ0n) is 28.6. The maximum absolute atomic E-state index is 15.0. The lowest BCUT2D eigenvalue weighted by atomic mass is 9.98. The van der Waals surface area contributed by atoms with Crippen LogP contribution in [0.1, 0.15) is 0 Å². The summed E-state index contributed by atoms with van der Waals surface area (Å²) in [4.78, 5) is 10.4. The van der Waals surface area contributed by atoms with Gasteiger partial charge in [0.15, 0.2) is 7.14 Å². The number of pyridine rings is 2. The van der Waals surface area contributed by atoms with Crippen LogP contribution in [0, 0.1) is 0 Å². The molecule has 0 spiro atoms. The van der Waals surface area contributed by atoms with Crippen molar-refractivity contribution in [1.29, 1.82) is 0 Å². The number of thiophene rings is 1. The van der Waals surface area contributed by atoms with E-state index >= 15 is 4.57 Å². The molecular formula is C48H31N2OPS. The van der Waals surface area contributed by atoms with Gasteiger partial charge in [0.05, 0.1) is 22.4 Å². The third kappa shape index (κ3) is 5.38. The first-order valence-corrected chi connectivity index (χ1v) is 20.2. The van der Waals surface area contributed by atoms with Crippen LogP contribution in [0.15, 0.2) is 188 Å². The molecule has 3 heterocycles. The molecule has 0 bridgehead atoms. The molecule has 7 aromatic carbocycles. The van der Waals surface area contributed by atoms with Crippen LogP contribution in [-0.2, 0) is 4.57 Å². The minimum Gasteiger partial charge on any atom is -0.309 e. The van der Waals surface area contributed by atoms with Gasteiger partial charge in [-0.2, -0.15) is 0 Å². The average Bonchev–Trinajstić information content (AvgIpc) is 3.62. The number of benzene rings is 7. The molecule has 10 rings (SSSR count). The van der Waals surface area contributed by atoms with E-state index in [1.54, 1.807) is 11.3 Å². The topological polar surface area (TPSA) is 42.9 Å². The lowest BCUT2D eigenvalue weighted by Gasteiger charge is -2.20. The lowest BCUT2D eigenvalue weighted by molar-refractivity contribution is 0.592. The standard InChI is InChI=1S/C48H31N2OPS/c51-52(37-13-6-2-7-14-37,38-15-8-3-9-16-38)39-26-21-32(22-27-39)40-17-10-18-45-46(40)41-31-36(25-30-44(41)53-45)43-29-24-35-20-19-34-23-28-42(33-11-4-1-5-12-33)49-47(34)48(35)50-43/h1-31H. The zero-order valence-corrected chi connectivity index (χ0v) is 30.3. The Morgan fingerprint density at radius 3 is 1.57 bits per heavy atom. The van der Waals surface area contributed by atoms with Gasteiger partial charge in [0.1, 0.15) is 0 Å². The molecule has 0 radical (unpaired) electrons. The summed E-state index contributed by atoms with van der Waals surface area (Å²) < 4.78 is 17.5. The van der Waals surface area contributed by atoms with Gasteiger partial charge in [0.25, 0.3) is 0 Å². The molecule has 0 atom stereocenters. The fourth-order valence-corrected chi connectivity index (χ4v) is 11.3. The minimum absolute atomic E-state index is 0.823. The third-order valence-corrected chi connectivity index (χ3v) is 14.4. The van der Waals surface area contributed by atoms with Crippen molar-refractivity contribution in [2.24, 2.45) is 0 Å². The maximum atomic E-state index is 15.0. The molecule has 3 aromatic heterocycles. The Morgan fingerprint density at radius 1 is 0.415 bits per heavy atom. The van der Waals surface area contributed by atoms with Crippen LogP contribution < -0.4 is 15.9 Å². The van der Waals surface area contributed by atoms with Crippen LogP contribution in [0.5, 0.6) is 0 Å².